The molecule has 1 aliphatic carbocycles. The summed E-state index contributed by atoms with van der Waals surface area (Å²) in [7, 11) is 0. The van der Waals surface area contributed by atoms with Crippen LogP contribution in [0.5, 0.6) is 0 Å². The van der Waals surface area contributed by atoms with Gasteiger partial charge in [0, 0.05) is 5.92 Å². The van der Waals surface area contributed by atoms with Crippen LogP contribution in [-0.2, 0) is 9.53 Å². The predicted octanol–water partition coefficient (Wildman–Crippen LogP) is 1.67. The molecule has 6 nitrogen and oxygen atoms in total. The minimum absolute atomic E-state index is 0.00357. The Morgan fingerprint density at radius 1 is 1.50 bits per heavy atom. The van der Waals surface area contributed by atoms with Crippen LogP contribution in [0.3, 0.4) is 0 Å². The third-order valence-corrected chi connectivity index (χ3v) is 3.18. The van der Waals surface area contributed by atoms with E-state index in [1.54, 1.807) is 19.1 Å². The van der Waals surface area contributed by atoms with Crippen molar-refractivity contribution < 1.29 is 13.9 Å². The number of nitrogens with one attached hydrogen (secondary N) is 1. The number of esters is 1. The van der Waals surface area contributed by atoms with Gasteiger partial charge in [-0.3, -0.25) is 9.89 Å². The minimum Gasteiger partial charge on any atom is -0.466 e. The van der Waals surface area contributed by atoms with E-state index in [0.717, 1.165) is 0 Å². The van der Waals surface area contributed by atoms with E-state index in [1.165, 1.54) is 6.07 Å². The van der Waals surface area contributed by atoms with E-state index in [-0.39, 0.29) is 17.8 Å². The van der Waals surface area contributed by atoms with E-state index in [2.05, 4.69) is 20.2 Å². The molecule has 2 aromatic rings. The largest absolute Gasteiger partial charge is 0.466 e. The van der Waals surface area contributed by atoms with Gasteiger partial charge in [0.2, 0.25) is 5.95 Å². The van der Waals surface area contributed by atoms with Gasteiger partial charge in [-0.05, 0) is 25.5 Å². The van der Waals surface area contributed by atoms with Gasteiger partial charge in [0.05, 0.1) is 12.5 Å². The second kappa shape index (κ2) is 4.99. The van der Waals surface area contributed by atoms with Crippen LogP contribution in [0.15, 0.2) is 18.2 Å². The number of ether oxygens (including phenoxy) is 1. The number of hydrogen-bond donors (Lipinski definition) is 1. The second-order valence-electron chi connectivity index (χ2n) is 4.59. The molecule has 2 atom stereocenters. The summed E-state index contributed by atoms with van der Waals surface area (Å²) in [6, 6.07) is 4.44. The number of aromatic amines is 1. The van der Waals surface area contributed by atoms with Gasteiger partial charge in [-0.1, -0.05) is 6.07 Å². The van der Waals surface area contributed by atoms with Crippen LogP contribution in [0, 0.1) is 11.9 Å². The fraction of sp³-hybridized carbons (Fsp3) is 0.385. The molecule has 1 N–H and O–H groups in total. The van der Waals surface area contributed by atoms with Gasteiger partial charge in [-0.2, -0.15) is 9.49 Å². The smallest absolute Gasteiger partial charge is 0.309 e. The molecule has 1 aliphatic rings. The summed E-state index contributed by atoms with van der Waals surface area (Å²) in [6.45, 7) is 2.15. The van der Waals surface area contributed by atoms with Crippen molar-refractivity contribution in [1.82, 2.24) is 20.2 Å². The van der Waals surface area contributed by atoms with Crippen molar-refractivity contribution >= 4 is 5.97 Å². The van der Waals surface area contributed by atoms with E-state index < -0.39 is 5.95 Å². The first kappa shape index (κ1) is 12.7. The monoisotopic (exact) mass is 276 g/mol. The number of H-pyrrole nitrogens is 1. The summed E-state index contributed by atoms with van der Waals surface area (Å²) in [6.07, 6.45) is 0.698. The summed E-state index contributed by atoms with van der Waals surface area (Å²) in [5.74, 6) is 0.00204. The highest BCUT2D eigenvalue weighted by molar-refractivity contribution is 5.77. The van der Waals surface area contributed by atoms with E-state index in [1.807, 2.05) is 0 Å². The van der Waals surface area contributed by atoms with Gasteiger partial charge >= 0.3 is 5.97 Å². The SMILES string of the molecule is CCOC(=O)[C@@H]1C[C@H]1c1nc(-c2cccc(F)n2)n[nH]1. The van der Waals surface area contributed by atoms with Gasteiger partial charge < -0.3 is 4.74 Å². The molecule has 2 aromatic heterocycles. The first-order valence-corrected chi connectivity index (χ1v) is 6.41. The molecule has 0 unspecified atom stereocenters. The Morgan fingerprint density at radius 3 is 3.10 bits per heavy atom. The lowest BCUT2D eigenvalue weighted by molar-refractivity contribution is -0.144. The molecule has 1 saturated carbocycles. The Bertz CT molecular complexity index is 643. The summed E-state index contributed by atoms with van der Waals surface area (Å²) in [5.41, 5.74) is 0.362. The van der Waals surface area contributed by atoms with E-state index in [9.17, 15) is 9.18 Å². The average molecular weight is 276 g/mol. The summed E-state index contributed by atoms with van der Waals surface area (Å²) >= 11 is 0. The molecule has 2 heterocycles. The highest BCUT2D eigenvalue weighted by Gasteiger charge is 2.47. The fourth-order valence-electron chi connectivity index (χ4n) is 2.09. The van der Waals surface area contributed by atoms with Crippen LogP contribution in [0.1, 0.15) is 25.1 Å². The molecule has 0 amide bonds. The molecule has 0 aromatic carbocycles. The lowest BCUT2D eigenvalue weighted by Gasteiger charge is -1.98. The number of halogens is 1. The molecule has 104 valence electrons. The predicted molar refractivity (Wildman–Crippen MR) is 67.1 cm³/mol. The molecular formula is C13H13FN4O2. The summed E-state index contributed by atoms with van der Waals surface area (Å²) < 4.78 is 18.0. The number of hydrogen-bond acceptors (Lipinski definition) is 5. The zero-order valence-corrected chi connectivity index (χ0v) is 10.8. The van der Waals surface area contributed by atoms with Gasteiger partial charge in [-0.25, -0.2) is 9.97 Å². The quantitative estimate of drug-likeness (QED) is 0.678. The van der Waals surface area contributed by atoms with Crippen LogP contribution >= 0.6 is 0 Å². The van der Waals surface area contributed by atoms with E-state index in [0.29, 0.717) is 30.4 Å². The number of carbonyl (C=O) groups excluding carboxylic acids is 1. The average Bonchev–Trinajstić information content (AvgIpc) is 3.09. The normalized spacial score (nSPS) is 20.7. The third-order valence-electron chi connectivity index (χ3n) is 3.18. The molecule has 0 radical (unpaired) electrons. The molecule has 1 fully saturated rings. The Labute approximate surface area is 114 Å². The maximum Gasteiger partial charge on any atom is 0.309 e. The molecule has 0 aliphatic heterocycles. The van der Waals surface area contributed by atoms with Crippen molar-refractivity contribution in [3.63, 3.8) is 0 Å². The van der Waals surface area contributed by atoms with Gasteiger partial charge in [0.15, 0.2) is 5.82 Å². The van der Waals surface area contributed by atoms with Crippen LogP contribution in [0.2, 0.25) is 0 Å². The molecule has 7 heteroatoms. The number of nitrogens with zero attached hydrogens (tertiary/aromatic N) is 3. The van der Waals surface area contributed by atoms with Crippen LogP contribution in [-0.4, -0.2) is 32.7 Å². The van der Waals surface area contributed by atoms with Crippen LogP contribution < -0.4 is 0 Å². The van der Waals surface area contributed by atoms with Crippen molar-refractivity contribution in [2.45, 2.75) is 19.3 Å². The summed E-state index contributed by atoms with van der Waals surface area (Å²) in [5, 5.41) is 6.79. The zero-order valence-electron chi connectivity index (χ0n) is 10.8. The van der Waals surface area contributed by atoms with Crippen LogP contribution in [0.4, 0.5) is 4.39 Å². The lowest BCUT2D eigenvalue weighted by Crippen LogP contribution is -2.07. The second-order valence-corrected chi connectivity index (χ2v) is 4.59. The maximum atomic E-state index is 13.0. The molecular weight excluding hydrogens is 263 g/mol. The van der Waals surface area contributed by atoms with Crippen molar-refractivity contribution in [3.8, 4) is 11.5 Å². The highest BCUT2D eigenvalue weighted by Crippen LogP contribution is 2.46. The number of rotatable bonds is 4. The van der Waals surface area contributed by atoms with E-state index in [4.69, 9.17) is 4.74 Å². The molecule has 20 heavy (non-hydrogen) atoms. The lowest BCUT2D eigenvalue weighted by atomic mass is 10.3. The van der Waals surface area contributed by atoms with Crippen molar-refractivity contribution in [2.75, 3.05) is 6.61 Å². The molecule has 3 rings (SSSR count). The topological polar surface area (TPSA) is 80.8 Å². The fourth-order valence-corrected chi connectivity index (χ4v) is 2.09. The van der Waals surface area contributed by atoms with Gasteiger partial charge in [0.1, 0.15) is 11.5 Å². The Kier molecular flexibility index (Phi) is 3.17. The Balaban J connectivity index is 1.74. The maximum absolute atomic E-state index is 13.0. The first-order chi connectivity index (χ1) is 9.69. The Hall–Kier alpha value is -2.31. The Morgan fingerprint density at radius 2 is 2.35 bits per heavy atom. The molecule has 0 bridgehead atoms. The zero-order chi connectivity index (χ0) is 14.1. The minimum atomic E-state index is -0.579. The standard InChI is InChI=1S/C13H13FN4O2/c1-2-20-13(19)8-6-7(8)11-16-12(18-17-11)9-4-3-5-10(14)15-9/h3-5,7-8H,2,6H2,1H3,(H,16,17,18)/t7-,8-/m1/s1. The number of carbonyl (C=O) groups is 1. The highest BCUT2D eigenvalue weighted by atomic mass is 19.1. The summed E-state index contributed by atoms with van der Waals surface area (Å²) in [4.78, 5) is 19.6. The van der Waals surface area contributed by atoms with Crippen molar-refractivity contribution in [3.05, 3.63) is 30.0 Å². The number of aromatic nitrogens is 4. The van der Waals surface area contributed by atoms with Crippen molar-refractivity contribution in [1.29, 1.82) is 0 Å². The molecule has 0 saturated heterocycles. The number of pyridine rings is 1. The third kappa shape index (κ3) is 2.38. The molecule has 0 spiro atoms. The first-order valence-electron chi connectivity index (χ1n) is 6.41. The van der Waals surface area contributed by atoms with Crippen molar-refractivity contribution in [2.24, 2.45) is 5.92 Å². The van der Waals surface area contributed by atoms with Gasteiger partial charge in [-0.15, -0.1) is 0 Å². The van der Waals surface area contributed by atoms with Gasteiger partial charge in [0.25, 0.3) is 0 Å². The van der Waals surface area contributed by atoms with Crippen LogP contribution in [0.25, 0.3) is 11.5 Å². The van der Waals surface area contributed by atoms with E-state index >= 15 is 0 Å².